The van der Waals surface area contributed by atoms with Crippen molar-refractivity contribution in [2.24, 2.45) is 5.92 Å². The number of anilines is 2. The predicted molar refractivity (Wildman–Crippen MR) is 106 cm³/mol. The molecule has 1 amide bonds. The number of nitrogens with zero attached hydrogens (tertiary/aromatic N) is 6. The van der Waals surface area contributed by atoms with Gasteiger partial charge in [-0.3, -0.25) is 4.79 Å². The lowest BCUT2D eigenvalue weighted by Gasteiger charge is -2.31. The molecule has 1 N–H and O–H groups in total. The summed E-state index contributed by atoms with van der Waals surface area (Å²) in [5.41, 5.74) is 3.27. The molecule has 28 heavy (non-hydrogen) atoms. The third kappa shape index (κ3) is 3.85. The van der Waals surface area contributed by atoms with E-state index in [1.54, 1.807) is 11.0 Å². The molecule has 8 heteroatoms. The maximum atomic E-state index is 12.6. The van der Waals surface area contributed by atoms with Crippen LogP contribution in [0.4, 0.5) is 11.5 Å². The van der Waals surface area contributed by atoms with Crippen LogP contribution in [0.3, 0.4) is 0 Å². The second-order valence-corrected chi connectivity index (χ2v) is 7.14. The molecule has 0 bridgehead atoms. The molecule has 2 aromatic heterocycles. The Labute approximate surface area is 163 Å². The lowest BCUT2D eigenvalue weighted by Crippen LogP contribution is -2.38. The van der Waals surface area contributed by atoms with E-state index in [2.05, 4.69) is 44.3 Å². The lowest BCUT2D eigenvalue weighted by atomic mass is 9.95. The highest BCUT2D eigenvalue weighted by atomic mass is 16.1. The number of benzene rings is 1. The van der Waals surface area contributed by atoms with Crippen molar-refractivity contribution < 1.29 is 4.79 Å². The van der Waals surface area contributed by atoms with E-state index in [1.807, 2.05) is 30.3 Å². The zero-order valence-electron chi connectivity index (χ0n) is 16.0. The van der Waals surface area contributed by atoms with Crippen LogP contribution < -0.4 is 10.2 Å². The zero-order valence-corrected chi connectivity index (χ0v) is 16.0. The van der Waals surface area contributed by atoms with Gasteiger partial charge in [-0.15, -0.1) is 10.2 Å². The lowest BCUT2D eigenvalue weighted by molar-refractivity contribution is -0.120. The van der Waals surface area contributed by atoms with Gasteiger partial charge in [-0.05, 0) is 62.1 Å². The quantitative estimate of drug-likeness (QED) is 0.752. The van der Waals surface area contributed by atoms with Crippen molar-refractivity contribution in [3.05, 3.63) is 54.1 Å². The van der Waals surface area contributed by atoms with Crippen molar-refractivity contribution in [1.82, 2.24) is 25.0 Å². The van der Waals surface area contributed by atoms with Gasteiger partial charge in [0, 0.05) is 24.7 Å². The third-order valence-electron chi connectivity index (χ3n) is 5.25. The minimum absolute atomic E-state index is 0.0141. The molecule has 1 aliphatic heterocycles. The second-order valence-electron chi connectivity index (χ2n) is 7.14. The Kier molecular flexibility index (Phi) is 5.01. The van der Waals surface area contributed by atoms with Gasteiger partial charge in [0.15, 0.2) is 11.6 Å². The Balaban J connectivity index is 1.33. The molecule has 3 aromatic rings. The SMILES string of the molecule is Cc1ccc(NC(=O)C2CCN(c3ccc(-n4cncn4)nn3)CC2)cc1C. The van der Waals surface area contributed by atoms with Crippen molar-refractivity contribution in [1.29, 1.82) is 0 Å². The number of nitrogens with one attached hydrogen (secondary N) is 1. The molecule has 0 aliphatic carbocycles. The number of carbonyl (C=O) groups is 1. The summed E-state index contributed by atoms with van der Waals surface area (Å²) in [7, 11) is 0. The fraction of sp³-hybridized carbons (Fsp3) is 0.350. The summed E-state index contributed by atoms with van der Waals surface area (Å²) in [6.45, 7) is 5.68. The van der Waals surface area contributed by atoms with Crippen molar-refractivity contribution in [3.8, 4) is 5.82 Å². The highest BCUT2D eigenvalue weighted by molar-refractivity contribution is 5.92. The third-order valence-corrected chi connectivity index (χ3v) is 5.25. The van der Waals surface area contributed by atoms with Gasteiger partial charge in [0.05, 0.1) is 0 Å². The van der Waals surface area contributed by atoms with Crippen LogP contribution in [0.15, 0.2) is 43.0 Å². The smallest absolute Gasteiger partial charge is 0.227 e. The fourth-order valence-electron chi connectivity index (χ4n) is 3.37. The Morgan fingerprint density at radius 3 is 2.43 bits per heavy atom. The van der Waals surface area contributed by atoms with Crippen LogP contribution in [0.25, 0.3) is 5.82 Å². The maximum absolute atomic E-state index is 12.6. The molecule has 0 radical (unpaired) electrons. The zero-order chi connectivity index (χ0) is 19.5. The number of aromatic nitrogens is 5. The summed E-state index contributed by atoms with van der Waals surface area (Å²) in [5, 5.41) is 15.6. The van der Waals surface area contributed by atoms with Crippen molar-refractivity contribution >= 4 is 17.4 Å². The molecule has 0 saturated carbocycles. The largest absolute Gasteiger partial charge is 0.355 e. The number of hydrogen-bond donors (Lipinski definition) is 1. The van der Waals surface area contributed by atoms with E-state index in [-0.39, 0.29) is 11.8 Å². The van der Waals surface area contributed by atoms with E-state index in [1.165, 1.54) is 17.5 Å². The average molecular weight is 377 g/mol. The molecule has 0 atom stereocenters. The first-order valence-electron chi connectivity index (χ1n) is 9.42. The average Bonchev–Trinajstić information content (AvgIpc) is 3.26. The van der Waals surface area contributed by atoms with Gasteiger partial charge in [0.2, 0.25) is 5.91 Å². The second kappa shape index (κ2) is 7.75. The molecule has 0 unspecified atom stereocenters. The Hall–Kier alpha value is -3.29. The first kappa shape index (κ1) is 18.1. The summed E-state index contributed by atoms with van der Waals surface area (Å²) < 4.78 is 1.57. The summed E-state index contributed by atoms with van der Waals surface area (Å²) in [6.07, 6.45) is 4.64. The molecule has 8 nitrogen and oxygen atoms in total. The molecular weight excluding hydrogens is 354 g/mol. The molecule has 4 rings (SSSR count). The van der Waals surface area contributed by atoms with E-state index < -0.39 is 0 Å². The fourth-order valence-corrected chi connectivity index (χ4v) is 3.37. The number of amides is 1. The number of carbonyl (C=O) groups excluding carboxylic acids is 1. The first-order valence-corrected chi connectivity index (χ1v) is 9.42. The van der Waals surface area contributed by atoms with Gasteiger partial charge >= 0.3 is 0 Å². The molecule has 144 valence electrons. The van der Waals surface area contributed by atoms with Crippen molar-refractivity contribution in [2.45, 2.75) is 26.7 Å². The molecular formula is C20H23N7O. The van der Waals surface area contributed by atoms with Crippen molar-refractivity contribution in [3.63, 3.8) is 0 Å². The molecule has 1 aliphatic rings. The minimum atomic E-state index is 0.0141. The summed E-state index contributed by atoms with van der Waals surface area (Å²) in [4.78, 5) is 18.7. The van der Waals surface area contributed by atoms with Crippen LogP contribution in [0.1, 0.15) is 24.0 Å². The normalized spacial score (nSPS) is 14.9. The van der Waals surface area contributed by atoms with Gasteiger partial charge in [-0.1, -0.05) is 6.07 Å². The van der Waals surface area contributed by atoms with Crippen LogP contribution in [0.5, 0.6) is 0 Å². The van der Waals surface area contributed by atoms with Gasteiger partial charge in [-0.2, -0.15) is 5.10 Å². The molecule has 3 heterocycles. The number of piperidine rings is 1. The van der Waals surface area contributed by atoms with E-state index in [9.17, 15) is 4.79 Å². The van der Waals surface area contributed by atoms with Gasteiger partial charge in [0.25, 0.3) is 0 Å². The summed E-state index contributed by atoms with van der Waals surface area (Å²) >= 11 is 0. The highest BCUT2D eigenvalue weighted by Crippen LogP contribution is 2.23. The standard InChI is InChI=1S/C20H23N7O/c1-14-3-4-17(11-15(14)2)23-20(28)16-7-9-26(10-8-16)18-5-6-19(25-24-18)27-13-21-12-22-27/h3-6,11-13,16H,7-10H2,1-2H3,(H,23,28). The van der Waals surface area contributed by atoms with E-state index >= 15 is 0 Å². The van der Waals surface area contributed by atoms with Gasteiger partial charge < -0.3 is 10.2 Å². The van der Waals surface area contributed by atoms with Crippen LogP contribution in [0, 0.1) is 19.8 Å². The van der Waals surface area contributed by atoms with Crippen LogP contribution in [0.2, 0.25) is 0 Å². The predicted octanol–water partition coefficient (Wildman–Crippen LogP) is 2.53. The topological polar surface area (TPSA) is 88.8 Å². The Bertz CT molecular complexity index is 945. The first-order chi connectivity index (χ1) is 13.6. The summed E-state index contributed by atoms with van der Waals surface area (Å²) in [6, 6.07) is 9.82. The van der Waals surface area contributed by atoms with E-state index in [4.69, 9.17) is 0 Å². The minimum Gasteiger partial charge on any atom is -0.355 e. The molecule has 1 fully saturated rings. The van der Waals surface area contributed by atoms with Gasteiger partial charge in [-0.25, -0.2) is 9.67 Å². The summed E-state index contributed by atoms with van der Waals surface area (Å²) in [5.74, 6) is 1.55. The van der Waals surface area contributed by atoms with E-state index in [0.29, 0.717) is 5.82 Å². The van der Waals surface area contributed by atoms with Crippen molar-refractivity contribution in [2.75, 3.05) is 23.3 Å². The highest BCUT2D eigenvalue weighted by Gasteiger charge is 2.26. The van der Waals surface area contributed by atoms with Crippen LogP contribution in [-0.4, -0.2) is 44.0 Å². The monoisotopic (exact) mass is 377 g/mol. The Morgan fingerprint density at radius 1 is 1.04 bits per heavy atom. The van der Waals surface area contributed by atoms with Crippen LogP contribution in [-0.2, 0) is 4.79 Å². The maximum Gasteiger partial charge on any atom is 0.227 e. The van der Waals surface area contributed by atoms with Gasteiger partial charge in [0.1, 0.15) is 12.7 Å². The van der Waals surface area contributed by atoms with Crippen LogP contribution >= 0.6 is 0 Å². The van der Waals surface area contributed by atoms with E-state index in [0.717, 1.165) is 37.4 Å². The number of aryl methyl sites for hydroxylation is 2. The Morgan fingerprint density at radius 2 is 1.79 bits per heavy atom. The number of hydrogen-bond acceptors (Lipinski definition) is 6. The molecule has 1 saturated heterocycles. The molecule has 1 aromatic carbocycles. The molecule has 0 spiro atoms. The number of rotatable bonds is 4.